The van der Waals surface area contributed by atoms with Crippen LogP contribution in [0, 0.1) is 20.8 Å². The highest BCUT2D eigenvalue weighted by Crippen LogP contribution is 2.17. The SMILES string of the molecule is Cc1ccc(NC(=O)NC(=O)COC(=O)c2sccc2C)c(C)c1. The van der Waals surface area contributed by atoms with Gasteiger partial charge >= 0.3 is 12.0 Å². The zero-order chi connectivity index (χ0) is 17.7. The van der Waals surface area contributed by atoms with Gasteiger partial charge in [0.15, 0.2) is 6.61 Å². The lowest BCUT2D eigenvalue weighted by atomic mass is 10.1. The lowest BCUT2D eigenvalue weighted by molar-refractivity contribution is -0.123. The maximum absolute atomic E-state index is 11.8. The van der Waals surface area contributed by atoms with Crippen LogP contribution in [0.25, 0.3) is 0 Å². The van der Waals surface area contributed by atoms with Gasteiger partial charge in [-0.05, 0) is 49.4 Å². The van der Waals surface area contributed by atoms with Crippen LogP contribution in [0.2, 0.25) is 0 Å². The monoisotopic (exact) mass is 346 g/mol. The Labute approximate surface area is 143 Å². The molecule has 0 bridgehead atoms. The van der Waals surface area contributed by atoms with Crippen LogP contribution in [-0.4, -0.2) is 24.5 Å². The Kier molecular flexibility index (Phi) is 5.70. The summed E-state index contributed by atoms with van der Waals surface area (Å²) in [6.45, 7) is 5.07. The molecule has 0 aliphatic carbocycles. The molecule has 0 saturated carbocycles. The Bertz CT molecular complexity index is 783. The predicted octanol–water partition coefficient (Wildman–Crippen LogP) is 3.18. The van der Waals surface area contributed by atoms with Gasteiger partial charge < -0.3 is 10.1 Å². The summed E-state index contributed by atoms with van der Waals surface area (Å²) in [5.74, 6) is -1.27. The molecule has 7 heteroatoms. The van der Waals surface area contributed by atoms with E-state index in [1.807, 2.05) is 26.0 Å². The zero-order valence-corrected chi connectivity index (χ0v) is 14.5. The summed E-state index contributed by atoms with van der Waals surface area (Å²) >= 11 is 1.24. The van der Waals surface area contributed by atoms with E-state index in [-0.39, 0.29) is 0 Å². The Morgan fingerprint density at radius 2 is 1.83 bits per heavy atom. The summed E-state index contributed by atoms with van der Waals surface area (Å²) in [6.07, 6.45) is 0. The van der Waals surface area contributed by atoms with Gasteiger partial charge in [-0.2, -0.15) is 0 Å². The van der Waals surface area contributed by atoms with E-state index >= 15 is 0 Å². The number of carbonyl (C=O) groups excluding carboxylic acids is 3. The Morgan fingerprint density at radius 1 is 1.08 bits per heavy atom. The second-order valence-corrected chi connectivity index (χ2v) is 6.25. The lowest BCUT2D eigenvalue weighted by Gasteiger charge is -2.10. The van der Waals surface area contributed by atoms with E-state index in [0.29, 0.717) is 10.6 Å². The van der Waals surface area contributed by atoms with Crippen molar-refractivity contribution in [3.8, 4) is 0 Å². The number of amides is 3. The first kappa shape index (κ1) is 17.7. The van der Waals surface area contributed by atoms with E-state index in [1.165, 1.54) is 11.3 Å². The molecule has 0 aliphatic heterocycles. The predicted molar refractivity (Wildman–Crippen MR) is 92.4 cm³/mol. The van der Waals surface area contributed by atoms with Crippen molar-refractivity contribution in [2.24, 2.45) is 0 Å². The second-order valence-electron chi connectivity index (χ2n) is 5.33. The van der Waals surface area contributed by atoms with Gasteiger partial charge in [0.05, 0.1) is 0 Å². The first-order valence-corrected chi connectivity index (χ1v) is 8.14. The van der Waals surface area contributed by atoms with E-state index in [9.17, 15) is 14.4 Å². The largest absolute Gasteiger partial charge is 0.451 e. The van der Waals surface area contributed by atoms with Crippen molar-refractivity contribution in [3.63, 3.8) is 0 Å². The van der Waals surface area contributed by atoms with Crippen molar-refractivity contribution in [1.82, 2.24) is 5.32 Å². The van der Waals surface area contributed by atoms with E-state index < -0.39 is 24.5 Å². The van der Waals surface area contributed by atoms with Crippen molar-refractivity contribution in [2.45, 2.75) is 20.8 Å². The number of benzene rings is 1. The smallest absolute Gasteiger partial charge is 0.349 e. The lowest BCUT2D eigenvalue weighted by Crippen LogP contribution is -2.37. The van der Waals surface area contributed by atoms with Crippen LogP contribution in [0.3, 0.4) is 0 Å². The number of rotatable bonds is 4. The Balaban J connectivity index is 1.82. The van der Waals surface area contributed by atoms with Crippen molar-refractivity contribution in [3.05, 3.63) is 51.2 Å². The van der Waals surface area contributed by atoms with Crippen LogP contribution in [-0.2, 0) is 9.53 Å². The second kappa shape index (κ2) is 7.74. The quantitative estimate of drug-likeness (QED) is 0.833. The van der Waals surface area contributed by atoms with Gasteiger partial charge in [0.25, 0.3) is 5.91 Å². The van der Waals surface area contributed by atoms with Crippen LogP contribution < -0.4 is 10.6 Å². The van der Waals surface area contributed by atoms with Crippen LogP contribution in [0.5, 0.6) is 0 Å². The number of anilines is 1. The number of thiophene rings is 1. The minimum atomic E-state index is -0.695. The highest BCUT2D eigenvalue weighted by Gasteiger charge is 2.15. The average molecular weight is 346 g/mol. The van der Waals surface area contributed by atoms with Gasteiger partial charge in [0, 0.05) is 5.69 Å². The summed E-state index contributed by atoms with van der Waals surface area (Å²) in [5.41, 5.74) is 3.36. The third-order valence-electron chi connectivity index (χ3n) is 3.26. The van der Waals surface area contributed by atoms with Gasteiger partial charge in [-0.15, -0.1) is 11.3 Å². The molecule has 0 atom stereocenters. The molecular weight excluding hydrogens is 328 g/mol. The average Bonchev–Trinajstić information content (AvgIpc) is 2.94. The number of nitrogens with one attached hydrogen (secondary N) is 2. The van der Waals surface area contributed by atoms with Crippen molar-refractivity contribution in [2.75, 3.05) is 11.9 Å². The number of esters is 1. The van der Waals surface area contributed by atoms with E-state index in [4.69, 9.17) is 4.74 Å². The summed E-state index contributed by atoms with van der Waals surface area (Å²) in [7, 11) is 0. The van der Waals surface area contributed by atoms with Gasteiger partial charge in [-0.3, -0.25) is 10.1 Å². The molecule has 1 aromatic carbocycles. The van der Waals surface area contributed by atoms with Crippen molar-refractivity contribution >= 4 is 34.9 Å². The molecule has 2 aromatic rings. The van der Waals surface area contributed by atoms with Crippen LogP contribution in [0.1, 0.15) is 26.4 Å². The maximum Gasteiger partial charge on any atom is 0.349 e. The molecule has 2 rings (SSSR count). The number of carbonyl (C=O) groups is 3. The van der Waals surface area contributed by atoms with Crippen molar-refractivity contribution < 1.29 is 19.1 Å². The number of urea groups is 1. The fourth-order valence-electron chi connectivity index (χ4n) is 2.05. The molecule has 2 N–H and O–H groups in total. The topological polar surface area (TPSA) is 84.5 Å². The van der Waals surface area contributed by atoms with E-state index in [0.717, 1.165) is 16.7 Å². The third kappa shape index (κ3) is 4.66. The third-order valence-corrected chi connectivity index (χ3v) is 4.26. The summed E-state index contributed by atoms with van der Waals surface area (Å²) in [5, 5.41) is 6.47. The van der Waals surface area contributed by atoms with Crippen LogP contribution in [0.4, 0.5) is 10.5 Å². The molecule has 1 heterocycles. The molecule has 6 nitrogen and oxygen atoms in total. The molecule has 0 spiro atoms. The molecule has 0 saturated heterocycles. The first-order chi connectivity index (χ1) is 11.4. The molecule has 0 unspecified atom stereocenters. The highest BCUT2D eigenvalue weighted by molar-refractivity contribution is 7.12. The molecule has 126 valence electrons. The van der Waals surface area contributed by atoms with Gasteiger partial charge in [0.1, 0.15) is 4.88 Å². The number of imide groups is 1. The fourth-order valence-corrected chi connectivity index (χ4v) is 2.87. The normalized spacial score (nSPS) is 10.1. The number of hydrogen-bond acceptors (Lipinski definition) is 5. The van der Waals surface area contributed by atoms with Crippen molar-refractivity contribution in [1.29, 1.82) is 0 Å². The fraction of sp³-hybridized carbons (Fsp3) is 0.235. The number of aryl methyl sites for hydroxylation is 3. The molecule has 0 fully saturated rings. The molecular formula is C17H18N2O4S. The minimum Gasteiger partial charge on any atom is -0.451 e. The highest BCUT2D eigenvalue weighted by atomic mass is 32.1. The summed E-state index contributed by atoms with van der Waals surface area (Å²) in [6, 6.07) is 6.65. The Hall–Kier alpha value is -2.67. The van der Waals surface area contributed by atoms with Gasteiger partial charge in [-0.25, -0.2) is 9.59 Å². The zero-order valence-electron chi connectivity index (χ0n) is 13.6. The molecule has 0 radical (unpaired) electrons. The summed E-state index contributed by atoms with van der Waals surface area (Å²) < 4.78 is 4.90. The molecule has 24 heavy (non-hydrogen) atoms. The number of hydrogen-bond donors (Lipinski definition) is 2. The standard InChI is InChI=1S/C17H18N2O4S/c1-10-4-5-13(12(3)8-10)18-17(22)19-14(20)9-23-16(21)15-11(2)6-7-24-15/h4-8H,9H2,1-3H3,(H2,18,19,20,22). The van der Waals surface area contributed by atoms with Gasteiger partial charge in [-0.1, -0.05) is 17.7 Å². The molecule has 3 amide bonds. The Morgan fingerprint density at radius 3 is 2.46 bits per heavy atom. The molecule has 0 aliphatic rings. The van der Waals surface area contributed by atoms with E-state index in [2.05, 4.69) is 10.6 Å². The molecule has 1 aromatic heterocycles. The minimum absolute atomic E-state index is 0.447. The van der Waals surface area contributed by atoms with Crippen LogP contribution in [0.15, 0.2) is 29.6 Å². The maximum atomic E-state index is 11.8. The van der Waals surface area contributed by atoms with Crippen LogP contribution >= 0.6 is 11.3 Å². The van der Waals surface area contributed by atoms with E-state index in [1.54, 1.807) is 24.4 Å². The number of ether oxygens (including phenoxy) is 1. The first-order valence-electron chi connectivity index (χ1n) is 7.26. The summed E-state index contributed by atoms with van der Waals surface area (Å²) in [4.78, 5) is 35.7. The van der Waals surface area contributed by atoms with Gasteiger partial charge in [0.2, 0.25) is 0 Å².